The topological polar surface area (TPSA) is 43.8 Å². The molecule has 4 rings (SSSR count). The van der Waals surface area contributed by atoms with E-state index in [1.807, 2.05) is 0 Å². The highest BCUT2D eigenvalue weighted by Crippen LogP contribution is 2.48. The van der Waals surface area contributed by atoms with E-state index in [0.717, 1.165) is 17.7 Å². The van der Waals surface area contributed by atoms with E-state index in [1.54, 1.807) is 0 Å². The van der Waals surface area contributed by atoms with Gasteiger partial charge in [-0.15, -0.1) is 0 Å². The number of hydrogen-bond acceptors (Lipinski definition) is 2. The number of anilines is 1. The molecular weight excluding hydrogens is 234 g/mol. The SMILES string of the molecule is CC1CCC(c2nc(C3CC3)n(C3CC3)c2N)CC1. The van der Waals surface area contributed by atoms with E-state index in [-0.39, 0.29) is 0 Å². The lowest BCUT2D eigenvalue weighted by Crippen LogP contribution is -2.13. The molecule has 3 aliphatic rings. The zero-order valence-electron chi connectivity index (χ0n) is 11.9. The Bertz CT molecular complexity index is 474. The molecule has 0 spiro atoms. The normalized spacial score (nSPS) is 31.6. The van der Waals surface area contributed by atoms with Crippen molar-refractivity contribution in [3.8, 4) is 0 Å². The van der Waals surface area contributed by atoms with Crippen LogP contribution in [0.3, 0.4) is 0 Å². The van der Waals surface area contributed by atoms with Crippen LogP contribution in [0.15, 0.2) is 0 Å². The maximum Gasteiger partial charge on any atom is 0.127 e. The molecule has 3 saturated carbocycles. The monoisotopic (exact) mass is 259 g/mol. The molecule has 0 aromatic carbocycles. The summed E-state index contributed by atoms with van der Waals surface area (Å²) in [5.74, 6) is 4.59. The van der Waals surface area contributed by atoms with Gasteiger partial charge in [-0.25, -0.2) is 4.98 Å². The van der Waals surface area contributed by atoms with Crippen molar-refractivity contribution in [2.24, 2.45) is 5.92 Å². The highest BCUT2D eigenvalue weighted by molar-refractivity contribution is 5.43. The summed E-state index contributed by atoms with van der Waals surface area (Å²) < 4.78 is 2.41. The number of hydrogen-bond donors (Lipinski definition) is 1. The van der Waals surface area contributed by atoms with Gasteiger partial charge >= 0.3 is 0 Å². The number of imidazole rings is 1. The Morgan fingerprint density at radius 2 is 1.58 bits per heavy atom. The van der Waals surface area contributed by atoms with Crippen molar-refractivity contribution in [1.82, 2.24) is 9.55 Å². The van der Waals surface area contributed by atoms with E-state index in [2.05, 4.69) is 11.5 Å². The minimum absolute atomic E-state index is 0.633. The standard InChI is InChI=1S/C16H25N3/c1-10-2-4-11(5-3-10)14-15(17)19(13-8-9-13)16(18-14)12-6-7-12/h10-13H,2-9,17H2,1H3. The second-order valence-corrected chi connectivity index (χ2v) is 7.07. The number of nitrogens with zero attached hydrogens (tertiary/aromatic N) is 2. The second-order valence-electron chi connectivity index (χ2n) is 7.07. The van der Waals surface area contributed by atoms with Crippen LogP contribution < -0.4 is 5.73 Å². The third kappa shape index (κ3) is 2.07. The van der Waals surface area contributed by atoms with Crippen molar-refractivity contribution in [3.05, 3.63) is 11.5 Å². The Morgan fingerprint density at radius 3 is 2.16 bits per heavy atom. The molecule has 0 aliphatic heterocycles. The molecule has 3 heteroatoms. The number of rotatable bonds is 3. The maximum absolute atomic E-state index is 6.48. The third-order valence-corrected chi connectivity index (χ3v) is 5.26. The first-order valence-corrected chi connectivity index (χ1v) is 8.11. The smallest absolute Gasteiger partial charge is 0.127 e. The zero-order valence-corrected chi connectivity index (χ0v) is 11.9. The first-order chi connectivity index (χ1) is 9.24. The summed E-state index contributed by atoms with van der Waals surface area (Å²) in [5, 5.41) is 0. The Kier molecular flexibility index (Phi) is 2.64. The molecule has 0 amide bonds. The summed E-state index contributed by atoms with van der Waals surface area (Å²) in [6.07, 6.45) is 10.5. The molecular formula is C16H25N3. The van der Waals surface area contributed by atoms with Crippen molar-refractivity contribution in [3.63, 3.8) is 0 Å². The van der Waals surface area contributed by atoms with Gasteiger partial charge in [-0.05, 0) is 44.4 Å². The van der Waals surface area contributed by atoms with Crippen LogP contribution >= 0.6 is 0 Å². The fourth-order valence-electron chi connectivity index (χ4n) is 3.66. The Labute approximate surface area is 115 Å². The predicted octanol–water partition coefficient (Wildman–Crippen LogP) is 3.97. The van der Waals surface area contributed by atoms with Crippen LogP contribution in [0.1, 0.15) is 87.7 Å². The second kappa shape index (κ2) is 4.26. The van der Waals surface area contributed by atoms with Gasteiger partial charge in [0, 0.05) is 17.9 Å². The first kappa shape index (κ1) is 11.8. The van der Waals surface area contributed by atoms with E-state index in [0.29, 0.717) is 12.0 Å². The van der Waals surface area contributed by atoms with Crippen molar-refractivity contribution in [2.75, 3.05) is 5.73 Å². The van der Waals surface area contributed by atoms with Crippen molar-refractivity contribution in [2.45, 2.75) is 76.2 Å². The van der Waals surface area contributed by atoms with Crippen molar-refractivity contribution in [1.29, 1.82) is 0 Å². The number of nitrogen functional groups attached to an aromatic ring is 1. The quantitative estimate of drug-likeness (QED) is 0.892. The molecule has 0 bridgehead atoms. The van der Waals surface area contributed by atoms with Crippen LogP contribution in [0.4, 0.5) is 5.82 Å². The Hall–Kier alpha value is -0.990. The van der Waals surface area contributed by atoms with E-state index in [4.69, 9.17) is 10.7 Å². The molecule has 0 radical (unpaired) electrons. The molecule has 1 aromatic rings. The van der Waals surface area contributed by atoms with E-state index >= 15 is 0 Å². The van der Waals surface area contributed by atoms with Gasteiger partial charge in [0.25, 0.3) is 0 Å². The fourth-order valence-corrected chi connectivity index (χ4v) is 3.66. The lowest BCUT2D eigenvalue weighted by Gasteiger charge is -2.25. The molecule has 1 aromatic heterocycles. The number of aromatic nitrogens is 2. The largest absolute Gasteiger partial charge is 0.384 e. The van der Waals surface area contributed by atoms with Gasteiger partial charge < -0.3 is 10.3 Å². The van der Waals surface area contributed by atoms with Gasteiger partial charge in [0.05, 0.1) is 5.69 Å². The summed E-state index contributed by atoms with van der Waals surface area (Å²) in [4.78, 5) is 5.02. The summed E-state index contributed by atoms with van der Waals surface area (Å²) >= 11 is 0. The van der Waals surface area contributed by atoms with Crippen LogP contribution in [0, 0.1) is 5.92 Å². The van der Waals surface area contributed by atoms with E-state index in [9.17, 15) is 0 Å². The molecule has 3 aliphatic carbocycles. The van der Waals surface area contributed by atoms with Gasteiger partial charge in [-0.2, -0.15) is 0 Å². The van der Waals surface area contributed by atoms with Gasteiger partial charge in [-0.3, -0.25) is 0 Å². The highest BCUT2D eigenvalue weighted by Gasteiger charge is 2.37. The molecule has 19 heavy (non-hydrogen) atoms. The lowest BCUT2D eigenvalue weighted by atomic mass is 9.81. The minimum atomic E-state index is 0.633. The van der Waals surface area contributed by atoms with Gasteiger partial charge in [0.2, 0.25) is 0 Å². The van der Waals surface area contributed by atoms with E-state index in [1.165, 1.54) is 62.9 Å². The highest BCUT2D eigenvalue weighted by atomic mass is 15.2. The molecule has 1 heterocycles. The molecule has 0 saturated heterocycles. The summed E-state index contributed by atoms with van der Waals surface area (Å²) in [7, 11) is 0. The fraction of sp³-hybridized carbons (Fsp3) is 0.812. The van der Waals surface area contributed by atoms with E-state index < -0.39 is 0 Å². The lowest BCUT2D eigenvalue weighted by molar-refractivity contribution is 0.345. The van der Waals surface area contributed by atoms with Crippen LogP contribution in [0.5, 0.6) is 0 Å². The van der Waals surface area contributed by atoms with Gasteiger partial charge in [0.1, 0.15) is 11.6 Å². The van der Waals surface area contributed by atoms with Gasteiger partial charge in [-0.1, -0.05) is 19.8 Å². The Balaban J connectivity index is 1.66. The molecule has 3 fully saturated rings. The summed E-state index contributed by atoms with van der Waals surface area (Å²) in [5.41, 5.74) is 7.73. The third-order valence-electron chi connectivity index (χ3n) is 5.26. The zero-order chi connectivity index (χ0) is 13.0. The Morgan fingerprint density at radius 1 is 0.947 bits per heavy atom. The van der Waals surface area contributed by atoms with Crippen LogP contribution in [0.25, 0.3) is 0 Å². The van der Waals surface area contributed by atoms with Gasteiger partial charge in [0.15, 0.2) is 0 Å². The average molecular weight is 259 g/mol. The summed E-state index contributed by atoms with van der Waals surface area (Å²) in [6, 6.07) is 0.680. The molecule has 104 valence electrons. The van der Waals surface area contributed by atoms with Crippen LogP contribution in [-0.4, -0.2) is 9.55 Å². The average Bonchev–Trinajstić information content (AvgIpc) is 3.30. The van der Waals surface area contributed by atoms with Crippen LogP contribution in [0.2, 0.25) is 0 Å². The first-order valence-electron chi connectivity index (χ1n) is 8.11. The van der Waals surface area contributed by atoms with Crippen molar-refractivity contribution < 1.29 is 0 Å². The minimum Gasteiger partial charge on any atom is -0.384 e. The van der Waals surface area contributed by atoms with Crippen molar-refractivity contribution >= 4 is 5.82 Å². The maximum atomic E-state index is 6.48. The van der Waals surface area contributed by atoms with Crippen LogP contribution in [-0.2, 0) is 0 Å². The molecule has 0 atom stereocenters. The molecule has 0 unspecified atom stereocenters. The molecule has 2 N–H and O–H groups in total. The number of nitrogens with two attached hydrogens (primary N) is 1. The summed E-state index contributed by atoms with van der Waals surface area (Å²) in [6.45, 7) is 2.37. The molecule has 3 nitrogen and oxygen atoms in total. The predicted molar refractivity (Wildman–Crippen MR) is 77.3 cm³/mol.